The third-order valence-electron chi connectivity index (χ3n) is 4.83. The summed E-state index contributed by atoms with van der Waals surface area (Å²) in [6.07, 6.45) is 2.09. The molecule has 0 unspecified atom stereocenters. The van der Waals surface area contributed by atoms with Crippen LogP contribution in [0.2, 0.25) is 5.02 Å². The second kappa shape index (κ2) is 7.68. The molecular weight excluding hydrogens is 386 g/mol. The number of aromatic nitrogens is 3. The van der Waals surface area contributed by atoms with Crippen molar-refractivity contribution >= 4 is 22.5 Å². The van der Waals surface area contributed by atoms with Crippen LogP contribution in [0.3, 0.4) is 0 Å². The summed E-state index contributed by atoms with van der Waals surface area (Å²) < 4.78 is 1.62. The van der Waals surface area contributed by atoms with Gasteiger partial charge in [-0.25, -0.2) is 4.98 Å². The fourth-order valence-electron chi connectivity index (χ4n) is 3.40. The highest BCUT2D eigenvalue weighted by atomic mass is 35.5. The quantitative estimate of drug-likeness (QED) is 0.526. The Hall–Kier alpha value is -3.18. The van der Waals surface area contributed by atoms with E-state index in [4.69, 9.17) is 16.6 Å². The molecule has 2 heterocycles. The van der Waals surface area contributed by atoms with Crippen LogP contribution in [0, 0.1) is 0 Å². The number of phenols is 1. The van der Waals surface area contributed by atoms with Crippen molar-refractivity contribution in [3.05, 3.63) is 93.3 Å². The van der Waals surface area contributed by atoms with Crippen molar-refractivity contribution in [1.82, 2.24) is 14.5 Å². The average molecular weight is 406 g/mol. The first kappa shape index (κ1) is 19.2. The molecule has 0 fully saturated rings. The largest absolute Gasteiger partial charge is 0.508 e. The van der Waals surface area contributed by atoms with Gasteiger partial charge in [0.05, 0.1) is 16.6 Å². The van der Waals surface area contributed by atoms with Gasteiger partial charge < -0.3 is 5.11 Å². The molecule has 1 N–H and O–H groups in total. The monoisotopic (exact) mass is 405 g/mol. The normalized spacial score (nSPS) is 11.3. The smallest absolute Gasteiger partial charge is 0.265 e. The van der Waals surface area contributed by atoms with Gasteiger partial charge in [0.15, 0.2) is 0 Å². The van der Waals surface area contributed by atoms with E-state index in [2.05, 4.69) is 4.98 Å². The maximum Gasteiger partial charge on any atom is 0.265 e. The Balaban J connectivity index is 2.00. The second-order valence-electron chi connectivity index (χ2n) is 7.20. The Morgan fingerprint density at radius 3 is 2.48 bits per heavy atom. The third-order valence-corrected chi connectivity index (χ3v) is 5.08. The highest BCUT2D eigenvalue weighted by Gasteiger charge is 2.19. The molecule has 4 aromatic rings. The van der Waals surface area contributed by atoms with E-state index in [0.717, 1.165) is 5.69 Å². The molecule has 0 spiro atoms. The maximum absolute atomic E-state index is 13.4. The number of halogens is 1. The predicted octanol–water partition coefficient (Wildman–Crippen LogP) is 4.85. The molecule has 0 saturated heterocycles. The van der Waals surface area contributed by atoms with Crippen molar-refractivity contribution in [2.45, 2.75) is 26.2 Å². The van der Waals surface area contributed by atoms with Crippen LogP contribution in [0.15, 0.2) is 65.6 Å². The molecule has 146 valence electrons. The molecule has 29 heavy (non-hydrogen) atoms. The molecule has 0 aliphatic heterocycles. The van der Waals surface area contributed by atoms with Gasteiger partial charge in [-0.1, -0.05) is 31.5 Å². The van der Waals surface area contributed by atoms with E-state index >= 15 is 0 Å². The zero-order valence-electron chi connectivity index (χ0n) is 16.1. The van der Waals surface area contributed by atoms with Crippen molar-refractivity contribution in [3.8, 4) is 11.4 Å². The molecule has 0 aliphatic rings. The number of phenolic OH excluding ortho intramolecular Hbond substituents is 1. The SMILES string of the molecule is CC(C)c1nc2c(Cc3ccccn3)c(O)ccc2c(=O)n1-c1ccc(Cl)cc1. The highest BCUT2D eigenvalue weighted by molar-refractivity contribution is 6.30. The van der Waals surface area contributed by atoms with Gasteiger partial charge in [0.25, 0.3) is 5.56 Å². The van der Waals surface area contributed by atoms with E-state index in [1.165, 1.54) is 0 Å². The zero-order chi connectivity index (χ0) is 20.5. The molecule has 0 saturated carbocycles. The lowest BCUT2D eigenvalue weighted by Gasteiger charge is -2.18. The third kappa shape index (κ3) is 3.61. The molecule has 0 radical (unpaired) electrons. The predicted molar refractivity (Wildman–Crippen MR) is 115 cm³/mol. The lowest BCUT2D eigenvalue weighted by molar-refractivity contribution is 0.470. The molecule has 5 nitrogen and oxygen atoms in total. The van der Waals surface area contributed by atoms with Crippen LogP contribution in [0.1, 0.15) is 36.8 Å². The molecule has 0 aliphatic carbocycles. The Bertz CT molecular complexity index is 1230. The number of pyridine rings is 1. The molecule has 0 amide bonds. The Kier molecular flexibility index (Phi) is 5.07. The highest BCUT2D eigenvalue weighted by Crippen LogP contribution is 2.28. The van der Waals surface area contributed by atoms with Gasteiger partial charge >= 0.3 is 0 Å². The summed E-state index contributed by atoms with van der Waals surface area (Å²) in [7, 11) is 0. The summed E-state index contributed by atoms with van der Waals surface area (Å²) in [6.45, 7) is 3.97. The summed E-state index contributed by atoms with van der Waals surface area (Å²) >= 11 is 6.01. The van der Waals surface area contributed by atoms with Gasteiger partial charge in [-0.05, 0) is 48.5 Å². The lowest BCUT2D eigenvalue weighted by Crippen LogP contribution is -2.25. The Labute approximate surface area is 173 Å². The number of aromatic hydroxyl groups is 1. The summed E-state index contributed by atoms with van der Waals surface area (Å²) in [6, 6.07) is 15.9. The van der Waals surface area contributed by atoms with Gasteiger partial charge in [0.2, 0.25) is 0 Å². The van der Waals surface area contributed by atoms with Crippen molar-refractivity contribution in [1.29, 1.82) is 0 Å². The van der Waals surface area contributed by atoms with E-state index < -0.39 is 0 Å². The van der Waals surface area contributed by atoms with Crippen LogP contribution in [-0.4, -0.2) is 19.6 Å². The van der Waals surface area contributed by atoms with E-state index in [-0.39, 0.29) is 17.2 Å². The van der Waals surface area contributed by atoms with E-state index in [9.17, 15) is 9.90 Å². The molecular formula is C23H20ClN3O2. The van der Waals surface area contributed by atoms with Crippen LogP contribution in [0.4, 0.5) is 0 Å². The topological polar surface area (TPSA) is 68.0 Å². The molecule has 0 atom stereocenters. The summed E-state index contributed by atoms with van der Waals surface area (Å²) in [5, 5.41) is 11.6. The minimum Gasteiger partial charge on any atom is -0.508 e. The molecule has 2 aromatic carbocycles. The average Bonchev–Trinajstić information content (AvgIpc) is 2.71. The molecule has 0 bridgehead atoms. The van der Waals surface area contributed by atoms with E-state index in [0.29, 0.717) is 39.4 Å². The summed E-state index contributed by atoms with van der Waals surface area (Å²) in [4.78, 5) is 22.6. The van der Waals surface area contributed by atoms with Crippen LogP contribution >= 0.6 is 11.6 Å². The lowest BCUT2D eigenvalue weighted by atomic mass is 10.0. The van der Waals surface area contributed by atoms with Crippen LogP contribution in [0.5, 0.6) is 5.75 Å². The number of hydrogen-bond acceptors (Lipinski definition) is 4. The number of rotatable bonds is 4. The van der Waals surface area contributed by atoms with Crippen LogP contribution in [0.25, 0.3) is 16.6 Å². The number of nitrogens with zero attached hydrogens (tertiary/aromatic N) is 3. The first-order valence-corrected chi connectivity index (χ1v) is 9.77. The van der Waals surface area contributed by atoms with Crippen molar-refractivity contribution in [3.63, 3.8) is 0 Å². The van der Waals surface area contributed by atoms with Crippen LogP contribution < -0.4 is 5.56 Å². The van der Waals surface area contributed by atoms with Gasteiger partial charge in [0, 0.05) is 34.8 Å². The first-order valence-electron chi connectivity index (χ1n) is 9.39. The summed E-state index contributed by atoms with van der Waals surface area (Å²) in [5.41, 5.74) is 2.43. The molecule has 6 heteroatoms. The first-order chi connectivity index (χ1) is 14.0. The summed E-state index contributed by atoms with van der Waals surface area (Å²) in [5.74, 6) is 0.722. The minimum atomic E-state index is -0.178. The number of hydrogen-bond donors (Lipinski definition) is 1. The molecule has 2 aromatic heterocycles. The number of fused-ring (bicyclic) bond motifs is 1. The standard InChI is InChI=1S/C23H20ClN3O2/c1-14(2)22-26-21-18(23(29)27(22)17-8-6-15(24)7-9-17)10-11-20(28)19(21)13-16-5-3-4-12-25-16/h3-12,14,28H,13H2,1-2H3. The van der Waals surface area contributed by atoms with Gasteiger partial charge in [-0.3, -0.25) is 14.3 Å². The van der Waals surface area contributed by atoms with Gasteiger partial charge in [0.1, 0.15) is 11.6 Å². The van der Waals surface area contributed by atoms with Crippen molar-refractivity contribution in [2.75, 3.05) is 0 Å². The maximum atomic E-state index is 13.4. The van der Waals surface area contributed by atoms with E-state index in [1.807, 2.05) is 32.0 Å². The van der Waals surface area contributed by atoms with E-state index in [1.54, 1.807) is 47.2 Å². The van der Waals surface area contributed by atoms with Crippen molar-refractivity contribution in [2.24, 2.45) is 0 Å². The second-order valence-corrected chi connectivity index (χ2v) is 7.64. The zero-order valence-corrected chi connectivity index (χ0v) is 16.9. The Morgan fingerprint density at radius 2 is 1.83 bits per heavy atom. The van der Waals surface area contributed by atoms with Gasteiger partial charge in [-0.2, -0.15) is 0 Å². The van der Waals surface area contributed by atoms with Crippen molar-refractivity contribution < 1.29 is 5.11 Å². The van der Waals surface area contributed by atoms with Crippen LogP contribution in [-0.2, 0) is 6.42 Å². The minimum absolute atomic E-state index is 0.00664. The fourth-order valence-corrected chi connectivity index (χ4v) is 3.53. The Morgan fingerprint density at radius 1 is 1.07 bits per heavy atom. The number of benzene rings is 2. The fraction of sp³-hybridized carbons (Fsp3) is 0.174. The molecule has 4 rings (SSSR count). The van der Waals surface area contributed by atoms with Gasteiger partial charge in [-0.15, -0.1) is 0 Å².